The van der Waals surface area contributed by atoms with Gasteiger partial charge in [0.2, 0.25) is 6.10 Å². The van der Waals surface area contributed by atoms with Gasteiger partial charge in [-0.2, -0.15) is 0 Å². The number of aliphatic carboxylic acids is 1. The van der Waals surface area contributed by atoms with Crippen LogP contribution in [0.25, 0.3) is 28.0 Å². The second-order valence-electron chi connectivity index (χ2n) is 9.49. The number of hydrogen-bond acceptors (Lipinski definition) is 10. The first-order valence-electron chi connectivity index (χ1n) is 12.8. The number of esters is 1. The van der Waals surface area contributed by atoms with Crippen molar-refractivity contribution in [2.75, 3.05) is 13.1 Å². The second-order valence-corrected chi connectivity index (χ2v) is 9.49. The first-order chi connectivity index (χ1) is 20.0. The number of aromatic hydroxyl groups is 6. The highest BCUT2D eigenvalue weighted by molar-refractivity contribution is 6.01. The van der Waals surface area contributed by atoms with Gasteiger partial charge in [-0.05, 0) is 82.7 Å². The Morgan fingerprint density at radius 1 is 0.786 bits per heavy atom. The van der Waals surface area contributed by atoms with Crippen molar-refractivity contribution < 1.29 is 50.1 Å². The van der Waals surface area contributed by atoms with Gasteiger partial charge in [-0.3, -0.25) is 0 Å². The predicted octanol–water partition coefficient (Wildman–Crippen LogP) is 4.14. The van der Waals surface area contributed by atoms with E-state index in [4.69, 9.17) is 4.74 Å². The Kier molecular flexibility index (Phi) is 8.73. The molecule has 42 heavy (non-hydrogen) atoms. The van der Waals surface area contributed by atoms with Gasteiger partial charge in [0.25, 0.3) is 0 Å². The second kappa shape index (κ2) is 12.4. The zero-order valence-corrected chi connectivity index (χ0v) is 22.4. The number of hydrogen-bond donors (Lipinski definition) is 8. The number of fused-ring (bicyclic) bond motifs is 1. The summed E-state index contributed by atoms with van der Waals surface area (Å²) in [5, 5.41) is 73.4. The molecule has 8 N–H and O–H groups in total. The largest absolute Gasteiger partial charge is 0.504 e. The Bertz CT molecular complexity index is 1680. The Labute approximate surface area is 239 Å². The Balaban J connectivity index is 1.67. The zero-order chi connectivity index (χ0) is 30.6. The first-order valence-corrected chi connectivity index (χ1v) is 12.8. The number of rotatable bonds is 10. The molecule has 0 saturated heterocycles. The van der Waals surface area contributed by atoms with Crippen LogP contribution in [0.2, 0.25) is 0 Å². The quantitative estimate of drug-likeness (QED) is 0.0768. The number of carbonyl (C=O) groups excluding carboxylic acids is 1. The Hall–Kier alpha value is -5.42. The molecule has 0 bridgehead atoms. The minimum absolute atomic E-state index is 0.0841. The summed E-state index contributed by atoms with van der Waals surface area (Å²) >= 11 is 0. The molecule has 0 aromatic heterocycles. The summed E-state index contributed by atoms with van der Waals surface area (Å²) in [4.78, 5) is 25.0. The zero-order valence-electron chi connectivity index (χ0n) is 22.4. The summed E-state index contributed by atoms with van der Waals surface area (Å²) in [6, 6.07) is 14.1. The highest BCUT2D eigenvalue weighted by Crippen LogP contribution is 2.40. The molecule has 2 atom stereocenters. The third kappa shape index (κ3) is 6.31. The molecule has 0 amide bonds. The molecule has 4 aromatic carbocycles. The molecular weight excluding hydrogens is 546 g/mol. The molecule has 11 heteroatoms. The number of benzene rings is 4. The summed E-state index contributed by atoms with van der Waals surface area (Å²) in [5.41, 5.74) is 1.75. The number of phenolic OH excluding ortho intramolecular Hbond substituents is 6. The summed E-state index contributed by atoms with van der Waals surface area (Å²) in [6.45, 7) is 2.38. The van der Waals surface area contributed by atoms with Gasteiger partial charge in [-0.15, -0.1) is 0 Å². The van der Waals surface area contributed by atoms with Gasteiger partial charge in [-0.25, -0.2) is 9.59 Å². The van der Waals surface area contributed by atoms with Crippen LogP contribution in [0.1, 0.15) is 24.0 Å². The maximum Gasteiger partial charge on any atom is 0.345 e. The summed E-state index contributed by atoms with van der Waals surface area (Å²) < 4.78 is 5.33. The van der Waals surface area contributed by atoms with Gasteiger partial charge in [0.05, 0.1) is 0 Å². The van der Waals surface area contributed by atoms with E-state index in [1.807, 2.05) is 6.92 Å². The van der Waals surface area contributed by atoms with E-state index in [0.29, 0.717) is 34.2 Å². The molecule has 0 spiro atoms. The third-order valence-electron chi connectivity index (χ3n) is 6.72. The Morgan fingerprint density at radius 2 is 1.43 bits per heavy atom. The van der Waals surface area contributed by atoms with E-state index in [-0.39, 0.29) is 34.9 Å². The van der Waals surface area contributed by atoms with Gasteiger partial charge in [0, 0.05) is 23.9 Å². The Morgan fingerprint density at radius 3 is 2.07 bits per heavy atom. The van der Waals surface area contributed by atoms with Gasteiger partial charge in [-0.1, -0.05) is 25.1 Å². The fourth-order valence-electron chi connectivity index (χ4n) is 4.54. The summed E-state index contributed by atoms with van der Waals surface area (Å²) in [7, 11) is 0. The van der Waals surface area contributed by atoms with E-state index in [9.17, 15) is 45.3 Å². The molecule has 0 radical (unpaired) electrons. The monoisotopic (exact) mass is 575 g/mol. The van der Waals surface area contributed by atoms with Crippen LogP contribution >= 0.6 is 0 Å². The van der Waals surface area contributed by atoms with E-state index in [1.165, 1.54) is 48.5 Å². The van der Waals surface area contributed by atoms with Crippen molar-refractivity contribution in [2.45, 2.75) is 18.9 Å². The minimum atomic E-state index is -1.66. The minimum Gasteiger partial charge on any atom is -0.504 e. The molecule has 0 aliphatic heterocycles. The number of likely N-dealkylation sites (N-methyl/N-ethyl adjacent to an activating group) is 1. The van der Waals surface area contributed by atoms with Crippen LogP contribution in [0.3, 0.4) is 0 Å². The standard InChI is InChI=1S/C31H29NO10/c1-2-32-15-22(19-5-9-24(34)26(36)13-19)30(31(40)41)42-28(38)10-6-18-14-27(37)29(39)20-7-3-16(11-21(18)20)17-4-8-23(33)25(35)12-17/h3-14,22,30,32-37,39H,2,15H2,1H3,(H,40,41)/b10-6+/t22-,30+/m0/s1. The van der Waals surface area contributed by atoms with Gasteiger partial charge >= 0.3 is 11.9 Å². The number of carbonyl (C=O) groups is 2. The van der Waals surface area contributed by atoms with Crippen LogP contribution in [-0.2, 0) is 14.3 Å². The normalized spacial score (nSPS) is 12.8. The molecule has 0 fully saturated rings. The maximum absolute atomic E-state index is 12.9. The van der Waals surface area contributed by atoms with Crippen LogP contribution in [-0.4, -0.2) is 66.9 Å². The van der Waals surface area contributed by atoms with Crippen molar-refractivity contribution in [3.05, 3.63) is 77.9 Å². The van der Waals surface area contributed by atoms with E-state index in [0.717, 1.165) is 6.08 Å². The highest BCUT2D eigenvalue weighted by Gasteiger charge is 2.33. The van der Waals surface area contributed by atoms with Crippen molar-refractivity contribution in [2.24, 2.45) is 0 Å². The lowest BCUT2D eigenvalue weighted by molar-refractivity contribution is -0.162. The average molecular weight is 576 g/mol. The van der Waals surface area contributed by atoms with Gasteiger partial charge < -0.3 is 45.8 Å². The number of phenols is 6. The van der Waals surface area contributed by atoms with Crippen molar-refractivity contribution in [3.8, 4) is 45.6 Å². The first kappa shape index (κ1) is 29.6. The molecule has 0 heterocycles. The smallest absolute Gasteiger partial charge is 0.345 e. The fraction of sp³-hybridized carbons (Fsp3) is 0.161. The van der Waals surface area contributed by atoms with Gasteiger partial charge in [0.1, 0.15) is 0 Å². The lowest BCUT2D eigenvalue weighted by Gasteiger charge is -2.24. The topological polar surface area (TPSA) is 197 Å². The molecule has 0 aliphatic rings. The van der Waals surface area contributed by atoms with E-state index in [2.05, 4.69) is 5.32 Å². The molecule has 218 valence electrons. The lowest BCUT2D eigenvalue weighted by atomic mass is 9.92. The number of ether oxygens (including phenoxy) is 1. The van der Waals surface area contributed by atoms with Crippen LogP contribution in [0.15, 0.2) is 66.7 Å². The lowest BCUT2D eigenvalue weighted by Crippen LogP contribution is -2.38. The number of carboxylic acid groups (broad SMARTS) is 1. The van der Waals surface area contributed by atoms with Gasteiger partial charge in [0.15, 0.2) is 34.5 Å². The molecular formula is C31H29NO10. The number of carboxylic acids is 1. The molecule has 0 saturated carbocycles. The van der Waals surface area contributed by atoms with Crippen LogP contribution in [0.5, 0.6) is 34.5 Å². The van der Waals surface area contributed by atoms with E-state index in [1.54, 1.807) is 18.2 Å². The van der Waals surface area contributed by atoms with Crippen molar-refractivity contribution in [3.63, 3.8) is 0 Å². The summed E-state index contributed by atoms with van der Waals surface area (Å²) in [5.74, 6) is -5.66. The van der Waals surface area contributed by atoms with E-state index < -0.39 is 35.5 Å². The van der Waals surface area contributed by atoms with E-state index >= 15 is 0 Å². The van der Waals surface area contributed by atoms with Crippen LogP contribution in [0, 0.1) is 0 Å². The average Bonchev–Trinajstić information content (AvgIpc) is 2.96. The molecule has 4 rings (SSSR count). The van der Waals surface area contributed by atoms with Crippen molar-refractivity contribution >= 4 is 28.8 Å². The van der Waals surface area contributed by atoms with Crippen molar-refractivity contribution in [1.82, 2.24) is 5.32 Å². The fourth-order valence-corrected chi connectivity index (χ4v) is 4.54. The molecule has 4 aromatic rings. The SMILES string of the molecule is CCNC[C@@H](c1ccc(O)c(O)c1)[C@@H](OC(=O)/C=C/c1cc(O)c(O)c2ccc(-c3ccc(O)c(O)c3)cc12)C(=O)O. The molecule has 0 aliphatic carbocycles. The molecule has 0 unspecified atom stereocenters. The van der Waals surface area contributed by atoms with Crippen LogP contribution < -0.4 is 5.32 Å². The summed E-state index contributed by atoms with van der Waals surface area (Å²) in [6.07, 6.45) is 0.620. The number of nitrogens with one attached hydrogen (secondary N) is 1. The van der Waals surface area contributed by atoms with Crippen molar-refractivity contribution in [1.29, 1.82) is 0 Å². The van der Waals surface area contributed by atoms with Crippen LogP contribution in [0.4, 0.5) is 0 Å². The highest BCUT2D eigenvalue weighted by atomic mass is 16.6. The predicted molar refractivity (Wildman–Crippen MR) is 154 cm³/mol. The maximum atomic E-state index is 12.9. The third-order valence-corrected chi connectivity index (χ3v) is 6.72. The molecule has 11 nitrogen and oxygen atoms in total.